The van der Waals surface area contributed by atoms with Crippen LogP contribution in [0.15, 0.2) is 36.4 Å². The van der Waals surface area contributed by atoms with Crippen molar-refractivity contribution in [1.29, 1.82) is 0 Å². The number of halogens is 2. The van der Waals surface area contributed by atoms with Crippen LogP contribution in [0.25, 0.3) is 22.4 Å². The molecule has 0 unspecified atom stereocenters. The molecule has 0 bridgehead atoms. The van der Waals surface area contributed by atoms with Crippen molar-refractivity contribution in [1.82, 2.24) is 9.97 Å². The number of H-pyrrole nitrogens is 1. The first-order chi connectivity index (χ1) is 9.54. The Bertz CT molecular complexity index is 827. The minimum Gasteiger partial charge on any atom is -0.478 e. The van der Waals surface area contributed by atoms with Crippen molar-refractivity contribution in [2.24, 2.45) is 0 Å². The Morgan fingerprint density at radius 2 is 1.90 bits per heavy atom. The molecule has 0 aliphatic rings. The minimum absolute atomic E-state index is 0.210. The van der Waals surface area contributed by atoms with Crippen LogP contribution in [-0.2, 0) is 0 Å². The number of nitrogens with one attached hydrogen (secondary N) is 1. The van der Waals surface area contributed by atoms with Gasteiger partial charge in [-0.2, -0.15) is 0 Å². The summed E-state index contributed by atoms with van der Waals surface area (Å²) in [6, 6.07) is 9.92. The first-order valence-corrected chi connectivity index (χ1v) is 6.48. The molecule has 20 heavy (non-hydrogen) atoms. The van der Waals surface area contributed by atoms with Crippen molar-refractivity contribution in [3.05, 3.63) is 52.0 Å². The van der Waals surface area contributed by atoms with Gasteiger partial charge in [0.25, 0.3) is 0 Å². The second kappa shape index (κ2) is 4.81. The van der Waals surface area contributed by atoms with Crippen LogP contribution in [0.2, 0.25) is 10.0 Å². The number of rotatable bonds is 2. The van der Waals surface area contributed by atoms with Crippen LogP contribution in [0.1, 0.15) is 10.4 Å². The summed E-state index contributed by atoms with van der Waals surface area (Å²) < 4.78 is 0. The number of imidazole rings is 1. The number of hydrogen-bond donors (Lipinski definition) is 2. The van der Waals surface area contributed by atoms with E-state index in [0.29, 0.717) is 26.9 Å². The fourth-order valence-electron chi connectivity index (χ4n) is 1.92. The zero-order chi connectivity index (χ0) is 14.3. The molecule has 0 saturated heterocycles. The molecule has 0 saturated carbocycles. The maximum atomic E-state index is 10.9. The van der Waals surface area contributed by atoms with E-state index in [1.165, 1.54) is 6.07 Å². The zero-order valence-corrected chi connectivity index (χ0v) is 11.5. The van der Waals surface area contributed by atoms with Crippen molar-refractivity contribution in [2.45, 2.75) is 0 Å². The fourth-order valence-corrected chi connectivity index (χ4v) is 2.22. The van der Waals surface area contributed by atoms with Gasteiger partial charge in [0.1, 0.15) is 5.82 Å². The van der Waals surface area contributed by atoms with E-state index in [9.17, 15) is 4.79 Å². The highest BCUT2D eigenvalue weighted by Crippen LogP contribution is 2.28. The molecule has 0 spiro atoms. The molecule has 6 heteroatoms. The van der Waals surface area contributed by atoms with Gasteiger partial charge in [0.05, 0.1) is 26.6 Å². The summed E-state index contributed by atoms with van der Waals surface area (Å²) in [5, 5.41) is 9.88. The Morgan fingerprint density at radius 1 is 1.10 bits per heavy atom. The molecule has 2 N–H and O–H groups in total. The average Bonchev–Trinajstić information content (AvgIpc) is 2.84. The van der Waals surface area contributed by atoms with Crippen LogP contribution >= 0.6 is 23.2 Å². The monoisotopic (exact) mass is 306 g/mol. The summed E-state index contributed by atoms with van der Waals surface area (Å²) in [7, 11) is 0. The SMILES string of the molecule is O=C(O)c1ccc2nc(-c3ccc(Cl)c(Cl)c3)[nH]c2c1. The third-order valence-electron chi connectivity index (χ3n) is 2.92. The number of carboxylic acids is 1. The molecular weight excluding hydrogens is 299 g/mol. The van der Waals surface area contributed by atoms with E-state index in [-0.39, 0.29) is 5.56 Å². The van der Waals surface area contributed by atoms with Gasteiger partial charge in [-0.25, -0.2) is 9.78 Å². The molecule has 0 aliphatic carbocycles. The summed E-state index contributed by atoms with van der Waals surface area (Å²) in [4.78, 5) is 18.4. The van der Waals surface area contributed by atoms with Gasteiger partial charge in [-0.1, -0.05) is 23.2 Å². The standard InChI is InChI=1S/C14H8Cl2N2O2/c15-9-3-1-7(5-10(9)16)13-17-11-4-2-8(14(19)20)6-12(11)18-13/h1-6H,(H,17,18)(H,19,20). The van der Waals surface area contributed by atoms with Gasteiger partial charge in [-0.05, 0) is 36.4 Å². The molecule has 0 atom stereocenters. The number of benzene rings is 2. The van der Waals surface area contributed by atoms with Crippen molar-refractivity contribution < 1.29 is 9.90 Å². The van der Waals surface area contributed by atoms with Crippen LogP contribution in [0.3, 0.4) is 0 Å². The molecule has 2 aromatic carbocycles. The number of aromatic carboxylic acids is 1. The third kappa shape index (κ3) is 2.24. The maximum absolute atomic E-state index is 10.9. The van der Waals surface area contributed by atoms with E-state index >= 15 is 0 Å². The van der Waals surface area contributed by atoms with Crippen LogP contribution in [0.5, 0.6) is 0 Å². The zero-order valence-electron chi connectivity index (χ0n) is 10.0. The van der Waals surface area contributed by atoms with E-state index in [2.05, 4.69) is 9.97 Å². The molecule has 0 aliphatic heterocycles. The molecule has 1 aromatic heterocycles. The van der Waals surface area contributed by atoms with Gasteiger partial charge in [0, 0.05) is 5.56 Å². The second-order valence-corrected chi connectivity index (χ2v) is 5.07. The molecule has 3 aromatic rings. The maximum Gasteiger partial charge on any atom is 0.335 e. The number of hydrogen-bond acceptors (Lipinski definition) is 2. The second-order valence-electron chi connectivity index (χ2n) is 4.25. The van der Waals surface area contributed by atoms with Gasteiger partial charge >= 0.3 is 5.97 Å². The molecule has 0 amide bonds. The van der Waals surface area contributed by atoms with Gasteiger partial charge < -0.3 is 10.1 Å². The number of nitrogens with zero attached hydrogens (tertiary/aromatic N) is 1. The highest BCUT2D eigenvalue weighted by atomic mass is 35.5. The Morgan fingerprint density at radius 3 is 2.60 bits per heavy atom. The highest BCUT2D eigenvalue weighted by Gasteiger charge is 2.10. The molecule has 3 rings (SSSR count). The van der Waals surface area contributed by atoms with E-state index in [1.54, 1.807) is 30.3 Å². The lowest BCUT2D eigenvalue weighted by Gasteiger charge is -1.99. The van der Waals surface area contributed by atoms with Crippen LogP contribution in [-0.4, -0.2) is 21.0 Å². The summed E-state index contributed by atoms with van der Waals surface area (Å²) in [5.41, 5.74) is 2.34. The Balaban J connectivity index is 2.12. The lowest BCUT2D eigenvalue weighted by Crippen LogP contribution is -1.94. The quantitative estimate of drug-likeness (QED) is 0.744. The summed E-state index contributed by atoms with van der Waals surface area (Å²) in [6.07, 6.45) is 0. The largest absolute Gasteiger partial charge is 0.478 e. The topological polar surface area (TPSA) is 66.0 Å². The third-order valence-corrected chi connectivity index (χ3v) is 3.66. The number of carboxylic acid groups (broad SMARTS) is 1. The van der Waals surface area contributed by atoms with Crippen LogP contribution in [0, 0.1) is 0 Å². The van der Waals surface area contributed by atoms with E-state index in [0.717, 1.165) is 5.56 Å². The summed E-state index contributed by atoms with van der Waals surface area (Å²) >= 11 is 11.9. The first kappa shape index (κ1) is 13.0. The van der Waals surface area contributed by atoms with Crippen molar-refractivity contribution in [3.8, 4) is 11.4 Å². The van der Waals surface area contributed by atoms with Crippen molar-refractivity contribution >= 4 is 40.2 Å². The van der Waals surface area contributed by atoms with Gasteiger partial charge in [0.2, 0.25) is 0 Å². The highest BCUT2D eigenvalue weighted by molar-refractivity contribution is 6.42. The number of fused-ring (bicyclic) bond motifs is 1. The average molecular weight is 307 g/mol. The van der Waals surface area contributed by atoms with E-state index in [4.69, 9.17) is 28.3 Å². The van der Waals surface area contributed by atoms with Gasteiger partial charge in [0.15, 0.2) is 0 Å². The first-order valence-electron chi connectivity index (χ1n) is 5.73. The van der Waals surface area contributed by atoms with E-state index < -0.39 is 5.97 Å². The molecule has 100 valence electrons. The van der Waals surface area contributed by atoms with Gasteiger partial charge in [-0.15, -0.1) is 0 Å². The lowest BCUT2D eigenvalue weighted by atomic mass is 10.2. The normalized spacial score (nSPS) is 10.9. The number of aromatic nitrogens is 2. The number of carbonyl (C=O) groups is 1. The molecule has 0 radical (unpaired) electrons. The minimum atomic E-state index is -0.974. The van der Waals surface area contributed by atoms with Crippen molar-refractivity contribution in [3.63, 3.8) is 0 Å². The Labute approximate surface area is 124 Å². The predicted octanol–water partition coefficient (Wildman–Crippen LogP) is 4.23. The molecule has 0 fully saturated rings. The van der Waals surface area contributed by atoms with E-state index in [1.807, 2.05) is 0 Å². The summed E-state index contributed by atoms with van der Waals surface area (Å²) in [6.45, 7) is 0. The van der Waals surface area contributed by atoms with Crippen LogP contribution in [0.4, 0.5) is 0 Å². The Kier molecular flexibility index (Phi) is 3.12. The Hall–Kier alpha value is -2.04. The van der Waals surface area contributed by atoms with Crippen LogP contribution < -0.4 is 0 Å². The predicted molar refractivity (Wildman–Crippen MR) is 78.5 cm³/mol. The number of aromatic amines is 1. The summed E-state index contributed by atoms with van der Waals surface area (Å²) in [5.74, 6) is -0.362. The molecular formula is C14H8Cl2N2O2. The fraction of sp³-hybridized carbons (Fsp3) is 0. The van der Waals surface area contributed by atoms with Gasteiger partial charge in [-0.3, -0.25) is 0 Å². The lowest BCUT2D eigenvalue weighted by molar-refractivity contribution is 0.0697. The van der Waals surface area contributed by atoms with Crippen molar-refractivity contribution in [2.75, 3.05) is 0 Å². The molecule has 1 heterocycles. The smallest absolute Gasteiger partial charge is 0.335 e. The molecule has 4 nitrogen and oxygen atoms in total.